The Morgan fingerprint density at radius 1 is 1.30 bits per heavy atom. The van der Waals surface area contributed by atoms with Gasteiger partial charge in [-0.2, -0.15) is 0 Å². The third-order valence-corrected chi connectivity index (χ3v) is 5.10. The van der Waals surface area contributed by atoms with E-state index in [1.54, 1.807) is 18.2 Å². The molecule has 0 aliphatic rings. The molecule has 0 aliphatic carbocycles. The molecule has 1 aromatic rings. The monoisotopic (exact) mass is 321 g/mol. The highest BCUT2D eigenvalue weighted by molar-refractivity contribution is 7.89. The van der Waals surface area contributed by atoms with E-state index in [4.69, 9.17) is 21.8 Å². The summed E-state index contributed by atoms with van der Waals surface area (Å²) < 4.78 is 25.3. The van der Waals surface area contributed by atoms with Gasteiger partial charge >= 0.3 is 0 Å². The minimum Gasteiger partial charge on any atom is -0.396 e. The third-order valence-electron chi connectivity index (χ3n) is 3.04. The van der Waals surface area contributed by atoms with Gasteiger partial charge in [-0.3, -0.25) is 0 Å². The highest BCUT2D eigenvalue weighted by atomic mass is 35.5. The number of aryl methyl sites for hydroxylation is 1. The molecular weight excluding hydrogens is 302 g/mol. The Hall–Kier alpha value is -0.660. The summed E-state index contributed by atoms with van der Waals surface area (Å²) in [5, 5.41) is 18.5. The summed E-state index contributed by atoms with van der Waals surface area (Å²) in [6.45, 7) is -0.389. The summed E-state index contributed by atoms with van der Waals surface area (Å²) in [7, 11) is -1.97. The molecule has 2 N–H and O–H groups in total. The van der Waals surface area contributed by atoms with Crippen LogP contribution in [0.5, 0.6) is 0 Å². The van der Waals surface area contributed by atoms with Gasteiger partial charge in [-0.25, -0.2) is 12.7 Å². The van der Waals surface area contributed by atoms with Crippen LogP contribution in [0.4, 0.5) is 0 Å². The van der Waals surface area contributed by atoms with E-state index in [9.17, 15) is 8.42 Å². The summed E-state index contributed by atoms with van der Waals surface area (Å²) in [6, 6.07) is 7.08. The number of hydrogen-bond donors (Lipinski definition) is 2. The van der Waals surface area contributed by atoms with Crippen LogP contribution >= 0.6 is 11.6 Å². The van der Waals surface area contributed by atoms with Crippen LogP contribution in [0.25, 0.3) is 0 Å². The molecule has 0 saturated carbocycles. The van der Waals surface area contributed by atoms with Gasteiger partial charge in [0.2, 0.25) is 10.0 Å². The highest BCUT2D eigenvalue weighted by Gasteiger charge is 2.21. The molecule has 0 saturated heterocycles. The SMILES string of the molecule is CN(CC(CO)CO)S(=O)(=O)CCc1cccc(Cl)c1. The van der Waals surface area contributed by atoms with E-state index in [1.807, 2.05) is 6.07 Å². The van der Waals surface area contributed by atoms with E-state index in [2.05, 4.69) is 0 Å². The number of hydrogen-bond acceptors (Lipinski definition) is 4. The first kappa shape index (κ1) is 17.4. The minimum atomic E-state index is -3.42. The van der Waals surface area contributed by atoms with E-state index >= 15 is 0 Å². The summed E-state index contributed by atoms with van der Waals surface area (Å²) in [5.74, 6) is -0.492. The van der Waals surface area contributed by atoms with Crippen LogP contribution in [0.2, 0.25) is 5.02 Å². The second-order valence-corrected chi connectivity index (χ2v) is 7.34. The van der Waals surface area contributed by atoms with Crippen molar-refractivity contribution < 1.29 is 18.6 Å². The molecule has 0 aromatic heterocycles. The Morgan fingerprint density at radius 2 is 1.95 bits per heavy atom. The van der Waals surface area contributed by atoms with Crippen LogP contribution in [0.15, 0.2) is 24.3 Å². The Morgan fingerprint density at radius 3 is 2.50 bits per heavy atom. The number of halogens is 1. The van der Waals surface area contributed by atoms with Crippen molar-refractivity contribution in [2.24, 2.45) is 5.92 Å². The lowest BCUT2D eigenvalue weighted by Gasteiger charge is -2.21. The number of aliphatic hydroxyl groups is 2. The molecule has 0 radical (unpaired) electrons. The van der Waals surface area contributed by atoms with Crippen molar-refractivity contribution in [2.45, 2.75) is 6.42 Å². The van der Waals surface area contributed by atoms with Crippen molar-refractivity contribution in [3.63, 3.8) is 0 Å². The Balaban J connectivity index is 2.60. The van der Waals surface area contributed by atoms with Gasteiger partial charge in [0.15, 0.2) is 0 Å². The average molecular weight is 322 g/mol. The van der Waals surface area contributed by atoms with Crippen LogP contribution < -0.4 is 0 Å². The van der Waals surface area contributed by atoms with E-state index in [0.717, 1.165) is 5.56 Å². The first-order chi connectivity index (χ1) is 9.39. The van der Waals surface area contributed by atoms with Crippen LogP contribution in [-0.4, -0.2) is 55.5 Å². The van der Waals surface area contributed by atoms with E-state index in [1.165, 1.54) is 11.4 Å². The molecule has 0 fully saturated rings. The fourth-order valence-electron chi connectivity index (χ4n) is 1.75. The van der Waals surface area contributed by atoms with Gasteiger partial charge in [-0.15, -0.1) is 0 Å². The molecule has 0 bridgehead atoms. The van der Waals surface area contributed by atoms with E-state index in [-0.39, 0.29) is 25.5 Å². The number of benzene rings is 1. The molecule has 20 heavy (non-hydrogen) atoms. The molecule has 114 valence electrons. The van der Waals surface area contributed by atoms with E-state index < -0.39 is 15.9 Å². The molecule has 0 atom stereocenters. The Bertz CT molecular complexity index is 517. The Kier molecular flexibility index (Phi) is 6.91. The molecule has 5 nitrogen and oxygen atoms in total. The first-order valence-electron chi connectivity index (χ1n) is 6.29. The maximum Gasteiger partial charge on any atom is 0.214 e. The van der Waals surface area contributed by atoms with Crippen molar-refractivity contribution in [2.75, 3.05) is 32.6 Å². The second kappa shape index (κ2) is 7.95. The molecule has 1 rings (SSSR count). The van der Waals surface area contributed by atoms with Crippen LogP contribution in [-0.2, 0) is 16.4 Å². The van der Waals surface area contributed by atoms with Gasteiger partial charge in [0.05, 0.1) is 5.75 Å². The molecule has 0 heterocycles. The maximum absolute atomic E-state index is 12.1. The van der Waals surface area contributed by atoms with Crippen molar-refractivity contribution in [3.05, 3.63) is 34.9 Å². The van der Waals surface area contributed by atoms with Crippen LogP contribution in [0.3, 0.4) is 0 Å². The van der Waals surface area contributed by atoms with Gasteiger partial charge in [-0.1, -0.05) is 23.7 Å². The summed E-state index contributed by atoms with van der Waals surface area (Å²) in [4.78, 5) is 0. The highest BCUT2D eigenvalue weighted by Crippen LogP contribution is 2.13. The Labute approximate surface area is 124 Å². The van der Waals surface area contributed by atoms with Gasteiger partial charge in [0.1, 0.15) is 0 Å². The minimum absolute atomic E-state index is 0.0343. The molecule has 0 amide bonds. The fraction of sp³-hybridized carbons (Fsp3) is 0.538. The van der Waals surface area contributed by atoms with Gasteiger partial charge < -0.3 is 10.2 Å². The van der Waals surface area contributed by atoms with Gasteiger partial charge in [0.25, 0.3) is 0 Å². The topological polar surface area (TPSA) is 77.8 Å². The molecular formula is C13H20ClNO4S. The number of aliphatic hydroxyl groups excluding tert-OH is 2. The standard InChI is InChI=1S/C13H20ClNO4S/c1-15(8-12(9-16)10-17)20(18,19)6-5-11-3-2-4-13(14)7-11/h2-4,7,12,16-17H,5-6,8-10H2,1H3. The van der Waals surface area contributed by atoms with E-state index in [0.29, 0.717) is 11.4 Å². The zero-order valence-electron chi connectivity index (χ0n) is 11.4. The molecule has 7 heteroatoms. The lowest BCUT2D eigenvalue weighted by molar-refractivity contribution is 0.137. The largest absolute Gasteiger partial charge is 0.396 e. The fourth-order valence-corrected chi connectivity index (χ4v) is 3.20. The van der Waals surface area contributed by atoms with Crippen LogP contribution in [0.1, 0.15) is 5.56 Å². The number of sulfonamides is 1. The maximum atomic E-state index is 12.1. The van der Waals surface area contributed by atoms with Crippen LogP contribution in [0, 0.1) is 5.92 Å². The summed E-state index contributed by atoms with van der Waals surface area (Å²) >= 11 is 5.85. The number of rotatable bonds is 8. The molecule has 0 unspecified atom stereocenters. The predicted octanol–water partition coefficient (Wildman–Crippen LogP) is 0.745. The molecule has 0 aliphatic heterocycles. The van der Waals surface area contributed by atoms with Crippen molar-refractivity contribution >= 4 is 21.6 Å². The average Bonchev–Trinajstić information content (AvgIpc) is 2.42. The lowest BCUT2D eigenvalue weighted by Crippen LogP contribution is -2.36. The van der Waals surface area contributed by atoms with Gasteiger partial charge in [-0.05, 0) is 24.1 Å². The van der Waals surface area contributed by atoms with Crippen molar-refractivity contribution in [1.29, 1.82) is 0 Å². The van der Waals surface area contributed by atoms with Crippen molar-refractivity contribution in [3.8, 4) is 0 Å². The zero-order valence-corrected chi connectivity index (χ0v) is 12.9. The first-order valence-corrected chi connectivity index (χ1v) is 8.28. The predicted molar refractivity (Wildman–Crippen MR) is 79.2 cm³/mol. The molecule has 0 spiro atoms. The quantitative estimate of drug-likeness (QED) is 0.740. The normalized spacial score (nSPS) is 12.3. The lowest BCUT2D eigenvalue weighted by atomic mass is 10.2. The number of nitrogens with zero attached hydrogens (tertiary/aromatic N) is 1. The second-order valence-electron chi connectivity index (χ2n) is 4.71. The smallest absolute Gasteiger partial charge is 0.214 e. The third kappa shape index (κ3) is 5.38. The van der Waals surface area contributed by atoms with Gasteiger partial charge in [0, 0.05) is 37.7 Å². The molecule has 1 aromatic carbocycles. The zero-order chi connectivity index (χ0) is 15.2. The van der Waals surface area contributed by atoms with Crippen molar-refractivity contribution in [1.82, 2.24) is 4.31 Å². The summed E-state index contributed by atoms with van der Waals surface area (Å²) in [6.07, 6.45) is 0.371. The summed E-state index contributed by atoms with van der Waals surface area (Å²) in [5.41, 5.74) is 0.857.